The smallest absolute Gasteiger partial charge is 0.348 e. The molecule has 0 radical (unpaired) electrons. The van der Waals surface area contributed by atoms with Gasteiger partial charge in [0.15, 0.2) is 0 Å². The Morgan fingerprint density at radius 3 is 2.46 bits per heavy atom. The van der Waals surface area contributed by atoms with Gasteiger partial charge in [0.1, 0.15) is 10.6 Å². The molecule has 1 aromatic heterocycles. The van der Waals surface area contributed by atoms with Crippen molar-refractivity contribution >= 4 is 29.0 Å². The van der Waals surface area contributed by atoms with Gasteiger partial charge in [0.05, 0.1) is 12.8 Å². The minimum atomic E-state index is -1.04. The van der Waals surface area contributed by atoms with E-state index >= 15 is 0 Å². The minimum Gasteiger partial charge on any atom is -0.497 e. The normalized spacial score (nSPS) is 14.9. The second kappa shape index (κ2) is 7.78. The van der Waals surface area contributed by atoms with Crippen molar-refractivity contribution in [2.45, 2.75) is 19.8 Å². The van der Waals surface area contributed by atoms with Crippen LogP contribution in [0.5, 0.6) is 5.75 Å². The van der Waals surface area contributed by atoms with Gasteiger partial charge in [-0.1, -0.05) is 19.1 Å². The maximum Gasteiger partial charge on any atom is 0.348 e. The average molecular weight is 374 g/mol. The fraction of sp³-hybridized carbons (Fsp3) is 0.368. The molecule has 0 aliphatic carbocycles. The van der Waals surface area contributed by atoms with Crippen LogP contribution >= 0.6 is 11.3 Å². The summed E-state index contributed by atoms with van der Waals surface area (Å²) in [5.74, 6) is 0.289. The first kappa shape index (κ1) is 18.3. The molecule has 0 bridgehead atoms. The lowest BCUT2D eigenvalue weighted by Gasteiger charge is -2.30. The third kappa shape index (κ3) is 3.83. The van der Waals surface area contributed by atoms with E-state index in [-0.39, 0.29) is 10.9 Å². The van der Waals surface area contributed by atoms with Crippen LogP contribution in [0.25, 0.3) is 11.1 Å². The highest BCUT2D eigenvalue weighted by Crippen LogP contribution is 2.37. The van der Waals surface area contributed by atoms with E-state index in [1.807, 2.05) is 24.3 Å². The Morgan fingerprint density at radius 2 is 1.88 bits per heavy atom. The fourth-order valence-electron chi connectivity index (χ4n) is 3.02. The van der Waals surface area contributed by atoms with Gasteiger partial charge >= 0.3 is 12.0 Å². The van der Waals surface area contributed by atoms with Gasteiger partial charge in [0.25, 0.3) is 0 Å². The number of rotatable bonds is 4. The number of carbonyl (C=O) groups excluding carboxylic acids is 1. The molecule has 2 amide bonds. The summed E-state index contributed by atoms with van der Waals surface area (Å²) < 4.78 is 5.16. The highest BCUT2D eigenvalue weighted by Gasteiger charge is 2.25. The van der Waals surface area contributed by atoms with E-state index in [1.54, 1.807) is 17.4 Å². The van der Waals surface area contributed by atoms with Crippen LogP contribution in [0.15, 0.2) is 29.6 Å². The SMILES string of the molecule is COc1ccc(-c2csc(C(=O)O)c2NC(=O)N2CCC(C)CC2)cc1. The number of hydrogen-bond donors (Lipinski definition) is 2. The number of piperidine rings is 1. The predicted molar refractivity (Wildman–Crippen MR) is 102 cm³/mol. The van der Waals surface area contributed by atoms with Crippen LogP contribution in [-0.2, 0) is 0 Å². The number of aromatic carboxylic acids is 1. The Morgan fingerprint density at radius 1 is 1.23 bits per heavy atom. The summed E-state index contributed by atoms with van der Waals surface area (Å²) in [6.45, 7) is 3.56. The summed E-state index contributed by atoms with van der Waals surface area (Å²) >= 11 is 1.11. The van der Waals surface area contributed by atoms with E-state index < -0.39 is 5.97 Å². The Labute approximate surface area is 156 Å². The maximum absolute atomic E-state index is 12.6. The molecule has 0 spiro atoms. The zero-order valence-corrected chi connectivity index (χ0v) is 15.6. The third-order valence-corrected chi connectivity index (χ3v) is 5.66. The van der Waals surface area contributed by atoms with Gasteiger partial charge in [-0.05, 0) is 36.5 Å². The molecule has 1 saturated heterocycles. The number of carbonyl (C=O) groups is 2. The van der Waals surface area contributed by atoms with Crippen molar-refractivity contribution in [3.63, 3.8) is 0 Å². The van der Waals surface area contributed by atoms with Crippen LogP contribution < -0.4 is 10.1 Å². The van der Waals surface area contributed by atoms with E-state index in [1.165, 1.54) is 0 Å². The first-order chi connectivity index (χ1) is 12.5. The summed E-state index contributed by atoms with van der Waals surface area (Å²) in [6.07, 6.45) is 1.93. The van der Waals surface area contributed by atoms with E-state index in [0.29, 0.717) is 30.3 Å². The molecule has 2 N–H and O–H groups in total. The second-order valence-electron chi connectivity index (χ2n) is 6.49. The zero-order chi connectivity index (χ0) is 18.7. The van der Waals surface area contributed by atoms with E-state index in [0.717, 1.165) is 35.5 Å². The summed E-state index contributed by atoms with van der Waals surface area (Å²) in [7, 11) is 1.59. The van der Waals surface area contributed by atoms with Crippen LogP contribution in [0.2, 0.25) is 0 Å². The fourth-order valence-corrected chi connectivity index (χ4v) is 3.89. The molecule has 26 heavy (non-hydrogen) atoms. The first-order valence-electron chi connectivity index (χ1n) is 8.54. The van der Waals surface area contributed by atoms with Crippen LogP contribution in [0.1, 0.15) is 29.4 Å². The number of amides is 2. The third-order valence-electron chi connectivity index (χ3n) is 4.69. The van der Waals surface area contributed by atoms with E-state index in [4.69, 9.17) is 4.74 Å². The zero-order valence-electron chi connectivity index (χ0n) is 14.8. The lowest BCUT2D eigenvalue weighted by molar-refractivity contribution is 0.0703. The van der Waals surface area contributed by atoms with Gasteiger partial charge < -0.3 is 20.1 Å². The molecule has 0 saturated carbocycles. The number of urea groups is 1. The van der Waals surface area contributed by atoms with E-state index in [2.05, 4.69) is 12.2 Å². The molecule has 1 aromatic carbocycles. The van der Waals surface area contributed by atoms with Gasteiger partial charge in [0.2, 0.25) is 0 Å². The number of nitrogens with zero attached hydrogens (tertiary/aromatic N) is 1. The summed E-state index contributed by atoms with van der Waals surface area (Å²) in [6, 6.07) is 7.08. The number of hydrogen-bond acceptors (Lipinski definition) is 4. The van der Waals surface area contributed by atoms with Gasteiger partial charge in [-0.25, -0.2) is 9.59 Å². The van der Waals surface area contributed by atoms with Gasteiger partial charge in [-0.2, -0.15) is 0 Å². The number of nitrogens with one attached hydrogen (secondary N) is 1. The van der Waals surface area contributed by atoms with Crippen molar-refractivity contribution in [2.75, 3.05) is 25.5 Å². The number of anilines is 1. The molecule has 2 heterocycles. The molecule has 0 atom stereocenters. The van der Waals surface area contributed by atoms with Crippen LogP contribution in [0, 0.1) is 5.92 Å². The Kier molecular flexibility index (Phi) is 5.46. The molecule has 2 aromatic rings. The average Bonchev–Trinajstić information content (AvgIpc) is 3.06. The predicted octanol–water partition coefficient (Wildman–Crippen LogP) is 4.39. The van der Waals surface area contributed by atoms with Crippen molar-refractivity contribution in [1.82, 2.24) is 4.90 Å². The topological polar surface area (TPSA) is 78.9 Å². The second-order valence-corrected chi connectivity index (χ2v) is 7.37. The largest absolute Gasteiger partial charge is 0.497 e. The van der Waals surface area contributed by atoms with Crippen LogP contribution in [0.3, 0.4) is 0 Å². The summed E-state index contributed by atoms with van der Waals surface area (Å²) in [5.41, 5.74) is 1.89. The van der Waals surface area contributed by atoms with Crippen molar-refractivity contribution in [3.8, 4) is 16.9 Å². The molecule has 1 aliphatic heterocycles. The Hall–Kier alpha value is -2.54. The highest BCUT2D eigenvalue weighted by molar-refractivity contribution is 7.13. The van der Waals surface area contributed by atoms with Crippen molar-refractivity contribution in [1.29, 1.82) is 0 Å². The monoisotopic (exact) mass is 374 g/mol. The molecule has 138 valence electrons. The summed E-state index contributed by atoms with van der Waals surface area (Å²) in [4.78, 5) is 26.1. The molecule has 1 fully saturated rings. The standard InChI is InChI=1S/C19H22N2O4S/c1-12-7-9-21(10-8-12)19(24)20-16-15(11-26-17(16)18(22)23)13-3-5-14(25-2)6-4-13/h3-6,11-12H,7-10H2,1-2H3,(H,20,24)(H,22,23). The Balaban J connectivity index is 1.87. The van der Waals surface area contributed by atoms with Crippen molar-refractivity contribution in [3.05, 3.63) is 34.5 Å². The lowest BCUT2D eigenvalue weighted by Crippen LogP contribution is -2.40. The first-order valence-corrected chi connectivity index (χ1v) is 9.42. The quantitative estimate of drug-likeness (QED) is 0.832. The number of carboxylic acids is 1. The van der Waals surface area contributed by atoms with Gasteiger partial charge in [-0.15, -0.1) is 11.3 Å². The number of benzene rings is 1. The molecular weight excluding hydrogens is 352 g/mol. The molecule has 1 aliphatic rings. The van der Waals surface area contributed by atoms with Crippen molar-refractivity contribution < 1.29 is 19.4 Å². The Bertz CT molecular complexity index is 792. The number of likely N-dealkylation sites (tertiary alicyclic amines) is 1. The molecule has 7 heteroatoms. The van der Waals surface area contributed by atoms with Crippen LogP contribution in [0.4, 0.5) is 10.5 Å². The number of carboxylic acid groups (broad SMARTS) is 1. The van der Waals surface area contributed by atoms with Crippen LogP contribution in [-0.4, -0.2) is 42.2 Å². The molecule has 0 unspecified atom stereocenters. The minimum absolute atomic E-state index is 0.134. The molecule has 6 nitrogen and oxygen atoms in total. The number of ether oxygens (including phenoxy) is 1. The molecule has 3 rings (SSSR count). The van der Waals surface area contributed by atoms with Gasteiger partial charge in [-0.3, -0.25) is 0 Å². The van der Waals surface area contributed by atoms with E-state index in [9.17, 15) is 14.7 Å². The number of thiophene rings is 1. The summed E-state index contributed by atoms with van der Waals surface area (Å²) in [5, 5.41) is 14.1. The number of methoxy groups -OCH3 is 1. The maximum atomic E-state index is 12.6. The molecular formula is C19H22N2O4S. The van der Waals surface area contributed by atoms with Gasteiger partial charge in [0, 0.05) is 24.0 Å². The highest BCUT2D eigenvalue weighted by atomic mass is 32.1. The van der Waals surface area contributed by atoms with Crippen molar-refractivity contribution in [2.24, 2.45) is 5.92 Å². The lowest BCUT2D eigenvalue weighted by atomic mass is 9.99.